The van der Waals surface area contributed by atoms with E-state index < -0.39 is 22.0 Å². The number of morpholine rings is 1. The third-order valence-corrected chi connectivity index (χ3v) is 6.20. The third-order valence-electron chi connectivity index (χ3n) is 6.20. The number of carbonyl (C=O) groups is 3. The van der Waals surface area contributed by atoms with Gasteiger partial charge in [-0.05, 0) is 18.3 Å². The number of hydrogen-bond donors (Lipinski definition) is 0. The molecule has 0 spiro atoms. The molecular formula is C15H21NO4. The highest BCUT2D eigenvalue weighted by Crippen LogP contribution is 2.69. The summed E-state index contributed by atoms with van der Waals surface area (Å²) in [6, 6.07) is 0. The van der Waals surface area contributed by atoms with E-state index in [0.717, 1.165) is 0 Å². The largest absolute Gasteiger partial charge is 0.378 e. The lowest BCUT2D eigenvalue weighted by Crippen LogP contribution is -2.54. The first kappa shape index (κ1) is 13.7. The van der Waals surface area contributed by atoms with Crippen molar-refractivity contribution < 1.29 is 19.1 Å². The van der Waals surface area contributed by atoms with E-state index in [0.29, 0.717) is 39.1 Å². The van der Waals surface area contributed by atoms with E-state index in [4.69, 9.17) is 4.74 Å². The van der Waals surface area contributed by atoms with Gasteiger partial charge in [-0.15, -0.1) is 0 Å². The Morgan fingerprint density at radius 2 is 1.65 bits per heavy atom. The van der Waals surface area contributed by atoms with E-state index >= 15 is 0 Å². The lowest BCUT2D eigenvalue weighted by Gasteiger charge is -2.41. The molecule has 5 heteroatoms. The molecule has 3 rings (SSSR count). The van der Waals surface area contributed by atoms with Gasteiger partial charge in [0.1, 0.15) is 5.41 Å². The summed E-state index contributed by atoms with van der Waals surface area (Å²) in [4.78, 5) is 39.6. The Kier molecular flexibility index (Phi) is 2.68. The molecule has 2 saturated carbocycles. The lowest BCUT2D eigenvalue weighted by molar-refractivity contribution is -0.158. The van der Waals surface area contributed by atoms with Gasteiger partial charge in [-0.1, -0.05) is 20.8 Å². The quantitative estimate of drug-likeness (QED) is 0.526. The van der Waals surface area contributed by atoms with Crippen LogP contribution in [0.3, 0.4) is 0 Å². The van der Waals surface area contributed by atoms with Gasteiger partial charge in [0.05, 0.1) is 13.2 Å². The molecule has 0 unspecified atom stereocenters. The molecule has 2 aliphatic carbocycles. The van der Waals surface area contributed by atoms with Crippen LogP contribution in [-0.4, -0.2) is 48.7 Å². The minimum Gasteiger partial charge on any atom is -0.378 e. The van der Waals surface area contributed by atoms with Crippen molar-refractivity contribution in [3.8, 4) is 0 Å². The zero-order valence-corrected chi connectivity index (χ0v) is 12.3. The Hall–Kier alpha value is -1.23. The van der Waals surface area contributed by atoms with Crippen LogP contribution in [0.25, 0.3) is 0 Å². The molecule has 2 atom stereocenters. The Labute approximate surface area is 118 Å². The van der Waals surface area contributed by atoms with Crippen molar-refractivity contribution in [2.24, 2.45) is 16.2 Å². The zero-order chi connectivity index (χ0) is 14.8. The minimum absolute atomic E-state index is 0.162. The number of amides is 1. The normalized spacial score (nSPS) is 39.5. The molecule has 1 aliphatic heterocycles. The maximum atomic E-state index is 13.0. The molecule has 0 aromatic rings. The Morgan fingerprint density at radius 1 is 1.05 bits per heavy atom. The fourth-order valence-electron chi connectivity index (χ4n) is 4.28. The number of nitrogens with zero attached hydrogens (tertiary/aromatic N) is 1. The first-order chi connectivity index (χ1) is 9.29. The summed E-state index contributed by atoms with van der Waals surface area (Å²) in [5, 5.41) is 0. The molecular weight excluding hydrogens is 258 g/mol. The molecule has 2 bridgehead atoms. The van der Waals surface area contributed by atoms with Gasteiger partial charge in [0.25, 0.3) is 0 Å². The number of ketones is 2. The van der Waals surface area contributed by atoms with Crippen LogP contribution in [0, 0.1) is 16.2 Å². The molecule has 0 N–H and O–H groups in total. The molecule has 3 aliphatic rings. The van der Waals surface area contributed by atoms with Gasteiger partial charge in [-0.2, -0.15) is 0 Å². The second kappa shape index (κ2) is 3.91. The summed E-state index contributed by atoms with van der Waals surface area (Å²) in [5.74, 6) is -0.978. The molecule has 20 heavy (non-hydrogen) atoms. The van der Waals surface area contributed by atoms with Gasteiger partial charge in [-0.3, -0.25) is 14.4 Å². The summed E-state index contributed by atoms with van der Waals surface area (Å²) in [6.45, 7) is 7.67. The van der Waals surface area contributed by atoms with Crippen LogP contribution in [0.15, 0.2) is 0 Å². The van der Waals surface area contributed by atoms with Crippen molar-refractivity contribution in [3.63, 3.8) is 0 Å². The molecule has 1 amide bonds. The highest BCUT2D eigenvalue weighted by atomic mass is 16.5. The first-order valence-corrected chi connectivity index (χ1v) is 7.25. The average molecular weight is 279 g/mol. The fraction of sp³-hybridized carbons (Fsp3) is 0.800. The number of carbonyl (C=O) groups excluding carboxylic acids is 3. The Morgan fingerprint density at radius 3 is 2.15 bits per heavy atom. The van der Waals surface area contributed by atoms with Gasteiger partial charge in [0.2, 0.25) is 17.5 Å². The standard InChI is InChI=1S/C15H21NO4/c1-13(2)14(3)4-5-15(13,11(18)10(14)17)12(19)16-6-8-20-9-7-16/h4-9H2,1-3H3/t14-,15+/m0/s1. The number of Topliss-reactive ketones (excluding diaryl/α,β-unsaturated/α-hetero) is 2. The topological polar surface area (TPSA) is 63.7 Å². The molecule has 5 nitrogen and oxygen atoms in total. The molecule has 0 aromatic carbocycles. The van der Waals surface area contributed by atoms with E-state index in [9.17, 15) is 14.4 Å². The number of rotatable bonds is 1. The Balaban J connectivity index is 2.04. The highest BCUT2D eigenvalue weighted by Gasteiger charge is 2.78. The third kappa shape index (κ3) is 1.25. The van der Waals surface area contributed by atoms with Crippen LogP contribution in [0.5, 0.6) is 0 Å². The molecule has 1 heterocycles. The van der Waals surface area contributed by atoms with Crippen LogP contribution in [0.2, 0.25) is 0 Å². The smallest absolute Gasteiger partial charge is 0.237 e. The second-order valence-corrected chi connectivity index (χ2v) is 6.93. The van der Waals surface area contributed by atoms with E-state index in [1.807, 2.05) is 20.8 Å². The minimum atomic E-state index is -1.14. The lowest BCUT2D eigenvalue weighted by atomic mass is 9.64. The fourth-order valence-corrected chi connectivity index (χ4v) is 4.28. The predicted molar refractivity (Wildman–Crippen MR) is 71.0 cm³/mol. The van der Waals surface area contributed by atoms with Crippen molar-refractivity contribution in [2.45, 2.75) is 33.6 Å². The summed E-state index contributed by atoms with van der Waals surface area (Å²) >= 11 is 0. The number of ether oxygens (including phenoxy) is 1. The average Bonchev–Trinajstić information content (AvgIpc) is 2.71. The maximum Gasteiger partial charge on any atom is 0.237 e. The van der Waals surface area contributed by atoms with E-state index in [-0.39, 0.29) is 11.7 Å². The number of fused-ring (bicyclic) bond motifs is 2. The molecule has 110 valence electrons. The number of hydrogen-bond acceptors (Lipinski definition) is 4. The van der Waals surface area contributed by atoms with Gasteiger partial charge in [-0.25, -0.2) is 0 Å². The monoisotopic (exact) mass is 279 g/mol. The zero-order valence-electron chi connectivity index (χ0n) is 12.3. The highest BCUT2D eigenvalue weighted by molar-refractivity contribution is 6.48. The van der Waals surface area contributed by atoms with Gasteiger partial charge < -0.3 is 9.64 Å². The maximum absolute atomic E-state index is 13.0. The van der Waals surface area contributed by atoms with Crippen molar-refractivity contribution in [3.05, 3.63) is 0 Å². The SMILES string of the molecule is CC1(C)[C@]2(C(=O)N3CCOCC3)CC[C@@]1(C)C(=O)C2=O. The van der Waals surface area contributed by atoms with Crippen molar-refractivity contribution in [1.29, 1.82) is 0 Å². The van der Waals surface area contributed by atoms with Crippen LogP contribution in [0.4, 0.5) is 0 Å². The second-order valence-electron chi connectivity index (χ2n) is 6.93. The van der Waals surface area contributed by atoms with Crippen LogP contribution < -0.4 is 0 Å². The van der Waals surface area contributed by atoms with Gasteiger partial charge in [0.15, 0.2) is 0 Å². The van der Waals surface area contributed by atoms with Crippen molar-refractivity contribution in [2.75, 3.05) is 26.3 Å². The van der Waals surface area contributed by atoms with E-state index in [1.54, 1.807) is 4.90 Å². The molecule has 3 fully saturated rings. The van der Waals surface area contributed by atoms with Crippen LogP contribution in [-0.2, 0) is 19.1 Å². The summed E-state index contributed by atoms with van der Waals surface area (Å²) in [6.07, 6.45) is 1.12. The van der Waals surface area contributed by atoms with Gasteiger partial charge in [0, 0.05) is 18.5 Å². The predicted octanol–water partition coefficient (Wildman–Crippen LogP) is 0.810. The van der Waals surface area contributed by atoms with Crippen LogP contribution >= 0.6 is 0 Å². The van der Waals surface area contributed by atoms with E-state index in [1.165, 1.54) is 0 Å². The summed E-state index contributed by atoms with van der Waals surface area (Å²) in [7, 11) is 0. The van der Waals surface area contributed by atoms with Gasteiger partial charge >= 0.3 is 0 Å². The van der Waals surface area contributed by atoms with Crippen molar-refractivity contribution >= 4 is 17.5 Å². The molecule has 1 saturated heterocycles. The molecule has 0 aromatic heterocycles. The first-order valence-electron chi connectivity index (χ1n) is 7.25. The summed E-state index contributed by atoms with van der Waals surface area (Å²) in [5.41, 5.74) is -2.44. The summed E-state index contributed by atoms with van der Waals surface area (Å²) < 4.78 is 5.26. The Bertz CT molecular complexity index is 506. The molecule has 0 radical (unpaired) electrons. The van der Waals surface area contributed by atoms with E-state index in [2.05, 4.69) is 0 Å². The van der Waals surface area contributed by atoms with Crippen molar-refractivity contribution in [1.82, 2.24) is 4.90 Å². The van der Waals surface area contributed by atoms with Crippen LogP contribution in [0.1, 0.15) is 33.6 Å².